The Hall–Kier alpha value is -1.88. The van der Waals surface area contributed by atoms with E-state index in [-0.39, 0.29) is 5.91 Å². The van der Waals surface area contributed by atoms with E-state index in [0.29, 0.717) is 5.56 Å². The Kier molecular flexibility index (Phi) is 1.71. The summed E-state index contributed by atoms with van der Waals surface area (Å²) in [5.41, 5.74) is 3.28. The highest BCUT2D eigenvalue weighted by Gasteiger charge is 2.04. The van der Waals surface area contributed by atoms with Gasteiger partial charge in [-0.1, -0.05) is 0 Å². The zero-order valence-corrected chi connectivity index (χ0v) is 6.77. The zero-order valence-electron chi connectivity index (χ0n) is 6.77. The molecule has 1 amide bonds. The molecule has 3 N–H and O–H groups in total. The average Bonchev–Trinajstić information content (AvgIpc) is 2.63. The Bertz CT molecular complexity index is 448. The maximum absolute atomic E-state index is 11.1. The summed E-state index contributed by atoms with van der Waals surface area (Å²) in [7, 11) is 0. The molecule has 0 aliphatic rings. The van der Waals surface area contributed by atoms with Crippen LogP contribution in [-0.4, -0.2) is 15.3 Å². The van der Waals surface area contributed by atoms with Crippen molar-refractivity contribution in [2.75, 3.05) is 0 Å². The van der Waals surface area contributed by atoms with Gasteiger partial charge in [-0.3, -0.25) is 10.2 Å². The van der Waals surface area contributed by atoms with E-state index in [1.54, 1.807) is 10.6 Å². The van der Waals surface area contributed by atoms with Crippen LogP contribution in [0.5, 0.6) is 0 Å². The van der Waals surface area contributed by atoms with E-state index in [4.69, 9.17) is 5.84 Å². The van der Waals surface area contributed by atoms with Gasteiger partial charge in [0, 0.05) is 18.6 Å². The van der Waals surface area contributed by atoms with E-state index < -0.39 is 0 Å². The van der Waals surface area contributed by atoms with Crippen molar-refractivity contribution in [3.63, 3.8) is 0 Å². The second kappa shape index (κ2) is 2.87. The van der Waals surface area contributed by atoms with Crippen LogP contribution in [0, 0.1) is 0 Å². The standard InChI is InChI=1S/C8H8N4O/c9-11-8(13)6-4-10-7-2-1-3-12(7)5-6/h1-5H,9H2,(H,11,13). The van der Waals surface area contributed by atoms with Gasteiger partial charge in [-0.2, -0.15) is 0 Å². The van der Waals surface area contributed by atoms with Gasteiger partial charge in [0.05, 0.1) is 5.56 Å². The number of hydrogen-bond donors (Lipinski definition) is 2. The topological polar surface area (TPSA) is 72.4 Å². The predicted octanol–water partition coefficient (Wildman–Crippen LogP) is -0.0622. The second-order valence-electron chi connectivity index (χ2n) is 2.59. The molecular weight excluding hydrogens is 168 g/mol. The lowest BCUT2D eigenvalue weighted by atomic mass is 10.3. The summed E-state index contributed by atoms with van der Waals surface area (Å²) in [4.78, 5) is 15.1. The number of fused-ring (bicyclic) bond motifs is 1. The molecule has 2 aromatic rings. The van der Waals surface area contributed by atoms with Gasteiger partial charge in [0.25, 0.3) is 5.91 Å². The molecule has 13 heavy (non-hydrogen) atoms. The lowest BCUT2D eigenvalue weighted by Crippen LogP contribution is -2.30. The highest BCUT2D eigenvalue weighted by atomic mass is 16.2. The first kappa shape index (κ1) is 7.75. The van der Waals surface area contributed by atoms with Gasteiger partial charge < -0.3 is 4.40 Å². The largest absolute Gasteiger partial charge is 0.308 e. The third-order valence-electron chi connectivity index (χ3n) is 1.76. The van der Waals surface area contributed by atoms with E-state index in [2.05, 4.69) is 4.98 Å². The van der Waals surface area contributed by atoms with Crippen LogP contribution in [0.4, 0.5) is 0 Å². The van der Waals surface area contributed by atoms with Crippen molar-refractivity contribution in [1.82, 2.24) is 14.8 Å². The SMILES string of the molecule is NNC(=O)c1cnc2cccn2c1. The fourth-order valence-corrected chi connectivity index (χ4v) is 1.12. The van der Waals surface area contributed by atoms with Crippen LogP contribution in [0.25, 0.3) is 5.65 Å². The first-order valence-electron chi connectivity index (χ1n) is 3.75. The molecule has 0 aromatic carbocycles. The van der Waals surface area contributed by atoms with Crippen LogP contribution >= 0.6 is 0 Å². The van der Waals surface area contributed by atoms with Gasteiger partial charge in [-0.25, -0.2) is 10.8 Å². The number of carbonyl (C=O) groups excluding carboxylic acids is 1. The molecule has 0 aliphatic heterocycles. The van der Waals surface area contributed by atoms with Gasteiger partial charge in [-0.15, -0.1) is 0 Å². The van der Waals surface area contributed by atoms with E-state index >= 15 is 0 Å². The van der Waals surface area contributed by atoms with Gasteiger partial charge in [0.1, 0.15) is 5.65 Å². The first-order chi connectivity index (χ1) is 6.31. The van der Waals surface area contributed by atoms with Gasteiger partial charge in [0.2, 0.25) is 0 Å². The molecule has 0 fully saturated rings. The Morgan fingerprint density at radius 3 is 3.23 bits per heavy atom. The molecule has 2 rings (SSSR count). The smallest absolute Gasteiger partial charge is 0.268 e. The second-order valence-corrected chi connectivity index (χ2v) is 2.59. The van der Waals surface area contributed by atoms with Crippen LogP contribution < -0.4 is 11.3 Å². The number of hydrazine groups is 1. The summed E-state index contributed by atoms with van der Waals surface area (Å²) in [5.74, 6) is 4.64. The minimum absolute atomic E-state index is 0.344. The third-order valence-corrected chi connectivity index (χ3v) is 1.76. The number of nitrogens with zero attached hydrogens (tertiary/aromatic N) is 2. The molecule has 0 unspecified atom stereocenters. The minimum atomic E-state index is -0.344. The van der Waals surface area contributed by atoms with Gasteiger partial charge >= 0.3 is 0 Å². The van der Waals surface area contributed by atoms with Crippen molar-refractivity contribution in [3.05, 3.63) is 36.3 Å². The fraction of sp³-hybridized carbons (Fsp3) is 0. The van der Waals surface area contributed by atoms with Crippen molar-refractivity contribution < 1.29 is 4.79 Å². The number of nitrogens with two attached hydrogens (primary N) is 1. The monoisotopic (exact) mass is 176 g/mol. The maximum atomic E-state index is 11.1. The molecule has 5 heteroatoms. The third kappa shape index (κ3) is 1.25. The van der Waals surface area contributed by atoms with Crippen molar-refractivity contribution >= 4 is 11.6 Å². The molecule has 0 spiro atoms. The summed E-state index contributed by atoms with van der Waals surface area (Å²) in [6, 6.07) is 3.70. The van der Waals surface area contributed by atoms with Gasteiger partial charge in [0.15, 0.2) is 0 Å². The summed E-state index contributed by atoms with van der Waals surface area (Å²) >= 11 is 0. The summed E-state index contributed by atoms with van der Waals surface area (Å²) in [6.45, 7) is 0. The molecular formula is C8H8N4O. The molecule has 0 saturated carbocycles. The Labute approximate surface area is 74.2 Å². The van der Waals surface area contributed by atoms with Crippen molar-refractivity contribution in [2.24, 2.45) is 5.84 Å². The van der Waals surface area contributed by atoms with Crippen LogP contribution in [0.3, 0.4) is 0 Å². The van der Waals surface area contributed by atoms with Crippen LogP contribution in [-0.2, 0) is 0 Å². The molecule has 0 bridgehead atoms. The van der Waals surface area contributed by atoms with E-state index in [1.165, 1.54) is 6.20 Å². The molecule has 0 radical (unpaired) electrons. The summed E-state index contributed by atoms with van der Waals surface area (Å²) < 4.78 is 1.75. The molecule has 66 valence electrons. The summed E-state index contributed by atoms with van der Waals surface area (Å²) in [6.07, 6.45) is 4.97. The van der Waals surface area contributed by atoms with Crippen LogP contribution in [0.2, 0.25) is 0 Å². The molecule has 0 atom stereocenters. The van der Waals surface area contributed by atoms with E-state index in [1.807, 2.05) is 23.8 Å². The highest BCUT2D eigenvalue weighted by Crippen LogP contribution is 2.02. The van der Waals surface area contributed by atoms with Crippen LogP contribution in [0.1, 0.15) is 10.4 Å². The molecule has 2 heterocycles. The number of rotatable bonds is 1. The number of nitrogens with one attached hydrogen (secondary N) is 1. The average molecular weight is 176 g/mol. The number of amides is 1. The molecule has 0 aliphatic carbocycles. The minimum Gasteiger partial charge on any atom is -0.308 e. The predicted molar refractivity (Wildman–Crippen MR) is 46.8 cm³/mol. The number of nitrogen functional groups attached to an aromatic ring is 1. The Morgan fingerprint density at radius 1 is 1.62 bits per heavy atom. The van der Waals surface area contributed by atoms with Crippen LogP contribution in [0.15, 0.2) is 30.7 Å². The number of aromatic nitrogens is 2. The van der Waals surface area contributed by atoms with Gasteiger partial charge in [-0.05, 0) is 12.1 Å². The Balaban J connectivity index is 2.54. The van der Waals surface area contributed by atoms with E-state index in [0.717, 1.165) is 5.65 Å². The number of hydrogen-bond acceptors (Lipinski definition) is 3. The quantitative estimate of drug-likeness (QED) is 0.363. The maximum Gasteiger partial charge on any atom is 0.268 e. The lowest BCUT2D eigenvalue weighted by Gasteiger charge is -1.99. The van der Waals surface area contributed by atoms with Crippen molar-refractivity contribution in [3.8, 4) is 0 Å². The summed E-state index contributed by atoms with van der Waals surface area (Å²) in [5, 5.41) is 0. The van der Waals surface area contributed by atoms with Crippen molar-refractivity contribution in [2.45, 2.75) is 0 Å². The van der Waals surface area contributed by atoms with E-state index in [9.17, 15) is 4.79 Å². The fourth-order valence-electron chi connectivity index (χ4n) is 1.12. The molecule has 2 aromatic heterocycles. The zero-order chi connectivity index (χ0) is 9.26. The Morgan fingerprint density at radius 2 is 2.46 bits per heavy atom. The number of carbonyl (C=O) groups is 1. The van der Waals surface area contributed by atoms with Crippen molar-refractivity contribution in [1.29, 1.82) is 0 Å². The highest BCUT2D eigenvalue weighted by molar-refractivity contribution is 5.93. The lowest BCUT2D eigenvalue weighted by molar-refractivity contribution is 0.0953. The molecule has 0 saturated heterocycles. The normalized spacial score (nSPS) is 10.2. The first-order valence-corrected chi connectivity index (χ1v) is 3.75. The molecule has 5 nitrogen and oxygen atoms in total.